The van der Waals surface area contributed by atoms with Gasteiger partial charge >= 0.3 is 0 Å². The van der Waals surface area contributed by atoms with Gasteiger partial charge in [-0.25, -0.2) is 0 Å². The molecule has 6 N–H and O–H groups in total. The smallest absolute Gasteiger partial charge is 0.266 e. The predicted octanol–water partition coefficient (Wildman–Crippen LogP) is -2.51. The van der Waals surface area contributed by atoms with Gasteiger partial charge in [-0.15, -0.1) is 0 Å². The van der Waals surface area contributed by atoms with Crippen molar-refractivity contribution in [2.75, 3.05) is 18.9 Å². The summed E-state index contributed by atoms with van der Waals surface area (Å²) in [6.45, 7) is -0.619. The first-order chi connectivity index (χ1) is 11.6. The van der Waals surface area contributed by atoms with Crippen LogP contribution >= 0.6 is 12.2 Å². The van der Waals surface area contributed by atoms with Crippen LogP contribution in [0.3, 0.4) is 0 Å². The molecule has 1 aliphatic heterocycles. The Morgan fingerprint density at radius 2 is 2.04 bits per heavy atom. The summed E-state index contributed by atoms with van der Waals surface area (Å²) in [5.74, 6) is -0.515. The molecule has 25 heavy (non-hydrogen) atoms. The molecule has 0 saturated carbocycles. The van der Waals surface area contributed by atoms with E-state index >= 15 is 0 Å². The molecule has 1 aliphatic rings. The highest BCUT2D eigenvalue weighted by Crippen LogP contribution is 2.29. The van der Waals surface area contributed by atoms with Crippen LogP contribution in [0.5, 0.6) is 0 Å². The van der Waals surface area contributed by atoms with Gasteiger partial charge in [-0.1, -0.05) is 0 Å². The molecule has 2 rings (SSSR count). The molecule has 2 heterocycles. The monoisotopic (exact) mass is 397 g/mol. The van der Waals surface area contributed by atoms with Crippen LogP contribution < -0.4 is 10.9 Å². The first-order valence-electron chi connectivity index (χ1n) is 7.26. The van der Waals surface area contributed by atoms with E-state index in [4.69, 9.17) is 26.6 Å². The number of ether oxygens (including phenoxy) is 1. The standard InChI is InChI=1S/C12H19N3O8S2/c16-5-7-8(17)9(18)11(23-7)15-4-6(10(19)14-12(15)24)3-13-1-2-25(20,21)22/h4,7-9,11,13,16-18H,1-3,5H2,(H,14,19,24)(H,20,21,22)/t7-,8+,9?,11-/m1/s1. The van der Waals surface area contributed by atoms with Gasteiger partial charge in [-0.3, -0.25) is 18.9 Å². The van der Waals surface area contributed by atoms with E-state index in [1.54, 1.807) is 0 Å². The van der Waals surface area contributed by atoms with Crippen LogP contribution in [0.1, 0.15) is 11.8 Å². The predicted molar refractivity (Wildman–Crippen MR) is 87.0 cm³/mol. The second kappa shape index (κ2) is 8.01. The van der Waals surface area contributed by atoms with Gasteiger partial charge in [0.05, 0.1) is 12.4 Å². The van der Waals surface area contributed by atoms with Gasteiger partial charge in [-0.05, 0) is 12.2 Å². The molecule has 11 nitrogen and oxygen atoms in total. The van der Waals surface area contributed by atoms with Gasteiger partial charge in [0.15, 0.2) is 11.0 Å². The van der Waals surface area contributed by atoms with E-state index in [0.29, 0.717) is 0 Å². The lowest BCUT2D eigenvalue weighted by Gasteiger charge is -2.19. The molecule has 1 fully saturated rings. The number of aliphatic hydroxyl groups excluding tert-OH is 3. The Bertz CT molecular complexity index is 820. The van der Waals surface area contributed by atoms with Crippen LogP contribution in [-0.4, -0.2) is 75.1 Å². The van der Waals surface area contributed by atoms with Gasteiger partial charge in [0, 0.05) is 24.8 Å². The fourth-order valence-electron chi connectivity index (χ4n) is 2.38. The van der Waals surface area contributed by atoms with Crippen molar-refractivity contribution in [1.82, 2.24) is 14.9 Å². The maximum absolute atomic E-state index is 11.9. The fourth-order valence-corrected chi connectivity index (χ4v) is 3.03. The summed E-state index contributed by atoms with van der Waals surface area (Å²) in [6, 6.07) is 0. The van der Waals surface area contributed by atoms with Crippen molar-refractivity contribution >= 4 is 22.3 Å². The van der Waals surface area contributed by atoms with Crippen LogP contribution in [-0.2, 0) is 21.4 Å². The zero-order valence-corrected chi connectivity index (χ0v) is 14.5. The Hall–Kier alpha value is -1.19. The highest BCUT2D eigenvalue weighted by molar-refractivity contribution is 7.85. The number of nitrogens with zero attached hydrogens (tertiary/aromatic N) is 1. The largest absolute Gasteiger partial charge is 0.394 e. The van der Waals surface area contributed by atoms with E-state index in [2.05, 4.69) is 10.3 Å². The Morgan fingerprint density at radius 3 is 2.60 bits per heavy atom. The highest BCUT2D eigenvalue weighted by atomic mass is 32.2. The minimum atomic E-state index is -4.11. The number of rotatable bonds is 7. The van der Waals surface area contributed by atoms with Crippen molar-refractivity contribution in [2.45, 2.75) is 31.1 Å². The van der Waals surface area contributed by atoms with Gasteiger partial charge in [0.1, 0.15) is 18.3 Å². The van der Waals surface area contributed by atoms with Crippen molar-refractivity contribution < 1.29 is 33.0 Å². The lowest BCUT2D eigenvalue weighted by molar-refractivity contribution is -0.0542. The number of nitrogens with one attached hydrogen (secondary N) is 2. The molecule has 0 amide bonds. The van der Waals surface area contributed by atoms with E-state index in [1.165, 1.54) is 10.8 Å². The Balaban J connectivity index is 2.18. The van der Waals surface area contributed by atoms with Crippen molar-refractivity contribution in [3.05, 3.63) is 26.9 Å². The zero-order valence-electron chi connectivity index (χ0n) is 12.9. The van der Waals surface area contributed by atoms with Gasteiger partial charge in [0.2, 0.25) is 0 Å². The van der Waals surface area contributed by atoms with E-state index in [0.717, 1.165) is 0 Å². The van der Waals surface area contributed by atoms with E-state index in [1.807, 2.05) is 0 Å². The summed E-state index contributed by atoms with van der Waals surface area (Å²) in [5, 5.41) is 31.7. The highest BCUT2D eigenvalue weighted by Gasteiger charge is 2.43. The molecule has 0 aromatic carbocycles. The number of hydrogen-bond acceptors (Lipinski definition) is 9. The van der Waals surface area contributed by atoms with Crippen molar-refractivity contribution in [1.29, 1.82) is 0 Å². The number of H-pyrrole nitrogens is 1. The molecule has 0 aliphatic carbocycles. The molecular formula is C12H19N3O8S2. The summed E-state index contributed by atoms with van der Waals surface area (Å²) in [6.07, 6.45) is -3.48. The lowest BCUT2D eigenvalue weighted by atomic mass is 10.1. The second-order valence-electron chi connectivity index (χ2n) is 5.51. The topological polar surface area (TPSA) is 174 Å². The van der Waals surface area contributed by atoms with E-state index < -0.39 is 52.6 Å². The molecule has 1 aromatic heterocycles. The third-order valence-electron chi connectivity index (χ3n) is 3.69. The van der Waals surface area contributed by atoms with Crippen molar-refractivity contribution in [3.63, 3.8) is 0 Å². The number of aliphatic hydroxyl groups is 3. The maximum atomic E-state index is 11.9. The second-order valence-corrected chi connectivity index (χ2v) is 7.47. The van der Waals surface area contributed by atoms with Crippen molar-refractivity contribution in [2.24, 2.45) is 0 Å². The van der Waals surface area contributed by atoms with Crippen molar-refractivity contribution in [3.8, 4) is 0 Å². The normalized spacial score (nSPS) is 26.9. The molecule has 4 atom stereocenters. The Labute approximate surface area is 147 Å². The van der Waals surface area contributed by atoms with Crippen LogP contribution in [0.2, 0.25) is 0 Å². The minimum Gasteiger partial charge on any atom is -0.394 e. The average molecular weight is 397 g/mol. The fraction of sp³-hybridized carbons (Fsp3) is 0.667. The van der Waals surface area contributed by atoms with Crippen LogP contribution in [0.4, 0.5) is 0 Å². The lowest BCUT2D eigenvalue weighted by Crippen LogP contribution is -2.34. The molecule has 1 aromatic rings. The molecule has 13 heteroatoms. The quantitative estimate of drug-likeness (QED) is 0.164. The van der Waals surface area contributed by atoms with E-state index in [-0.39, 0.29) is 23.4 Å². The van der Waals surface area contributed by atoms with Gasteiger partial charge in [-0.2, -0.15) is 8.42 Å². The van der Waals surface area contributed by atoms with Crippen LogP contribution in [0.25, 0.3) is 0 Å². The van der Waals surface area contributed by atoms with Crippen LogP contribution in [0.15, 0.2) is 11.0 Å². The van der Waals surface area contributed by atoms with Crippen LogP contribution in [0, 0.1) is 4.77 Å². The third kappa shape index (κ3) is 4.92. The number of aromatic nitrogens is 2. The molecule has 0 spiro atoms. The summed E-state index contributed by atoms with van der Waals surface area (Å²) >= 11 is 5.03. The molecule has 0 bridgehead atoms. The minimum absolute atomic E-state index is 0.0325. The maximum Gasteiger partial charge on any atom is 0.266 e. The molecule has 1 saturated heterocycles. The molecule has 142 valence electrons. The third-order valence-corrected chi connectivity index (χ3v) is 4.72. The van der Waals surface area contributed by atoms with Gasteiger partial charge < -0.3 is 25.4 Å². The summed E-state index contributed by atoms with van der Waals surface area (Å²) in [4.78, 5) is 14.3. The summed E-state index contributed by atoms with van der Waals surface area (Å²) in [5.41, 5.74) is -0.353. The molecular weight excluding hydrogens is 378 g/mol. The summed E-state index contributed by atoms with van der Waals surface area (Å²) < 4.78 is 36.5. The van der Waals surface area contributed by atoms with E-state index in [9.17, 15) is 23.4 Å². The first-order valence-corrected chi connectivity index (χ1v) is 9.28. The number of hydrogen-bond donors (Lipinski definition) is 6. The summed E-state index contributed by atoms with van der Waals surface area (Å²) in [7, 11) is -4.11. The average Bonchev–Trinajstić information content (AvgIpc) is 2.80. The van der Waals surface area contributed by atoms with Gasteiger partial charge in [0.25, 0.3) is 15.7 Å². The number of aromatic amines is 1. The zero-order chi connectivity index (χ0) is 18.8. The molecule has 0 radical (unpaired) electrons. The Kier molecular flexibility index (Phi) is 6.45. The SMILES string of the molecule is O=c1[nH]c(=S)n([C@@H]2O[C@H](CO)[C@H](O)C2O)cc1CNCCS(=O)(=O)O. The Morgan fingerprint density at radius 1 is 1.36 bits per heavy atom. The molecule has 1 unspecified atom stereocenters. The first kappa shape index (κ1) is 20.1.